The van der Waals surface area contributed by atoms with Crippen LogP contribution in [-0.2, 0) is 14.8 Å². The second-order valence-corrected chi connectivity index (χ2v) is 8.28. The van der Waals surface area contributed by atoms with E-state index in [-0.39, 0.29) is 5.82 Å². The Morgan fingerprint density at radius 3 is 2.22 bits per heavy atom. The molecule has 0 aliphatic rings. The predicted octanol–water partition coefficient (Wildman–Crippen LogP) is 4.06. The highest BCUT2D eigenvalue weighted by Gasteiger charge is 2.35. The van der Waals surface area contributed by atoms with Crippen molar-refractivity contribution in [3.8, 4) is 11.1 Å². The van der Waals surface area contributed by atoms with Crippen LogP contribution in [0.25, 0.3) is 11.1 Å². The lowest BCUT2D eigenvalue weighted by Gasteiger charge is -2.26. The van der Waals surface area contributed by atoms with Gasteiger partial charge in [0.25, 0.3) is 0 Å². The quantitative estimate of drug-likeness (QED) is 0.865. The van der Waals surface area contributed by atoms with Crippen LogP contribution in [0.2, 0.25) is 0 Å². The highest BCUT2D eigenvalue weighted by atomic mass is 32.2. The normalized spacial score (nSPS) is 12.3. The number of halogens is 1. The number of rotatable bonds is 6. The molecular weight excluding hydrogens is 313 g/mol. The average molecular weight is 335 g/mol. The van der Waals surface area contributed by atoms with Gasteiger partial charge in [-0.2, -0.15) is 0 Å². The molecule has 2 aromatic carbocycles. The minimum Gasteiger partial charge on any atom is -0.214 e. The average Bonchev–Trinajstić information content (AvgIpc) is 2.53. The molecule has 0 aromatic heterocycles. The third kappa shape index (κ3) is 3.62. The molecular formula is C18H22FNO2S. The van der Waals surface area contributed by atoms with Gasteiger partial charge in [-0.3, -0.25) is 0 Å². The molecule has 23 heavy (non-hydrogen) atoms. The Kier molecular flexibility index (Phi) is 5.22. The summed E-state index contributed by atoms with van der Waals surface area (Å²) >= 11 is 0. The lowest BCUT2D eigenvalue weighted by Crippen LogP contribution is -2.39. The highest BCUT2D eigenvalue weighted by molar-refractivity contribution is 7.90. The summed E-state index contributed by atoms with van der Waals surface area (Å²) in [4.78, 5) is 0. The van der Waals surface area contributed by atoms with Gasteiger partial charge in [0.2, 0.25) is 10.0 Å². The van der Waals surface area contributed by atoms with Gasteiger partial charge in [-0.15, -0.1) is 0 Å². The molecule has 0 bridgehead atoms. The first-order valence-electron chi connectivity index (χ1n) is 7.64. The van der Waals surface area contributed by atoms with Crippen LogP contribution in [0.3, 0.4) is 0 Å². The van der Waals surface area contributed by atoms with E-state index >= 15 is 0 Å². The maximum Gasteiger partial charge on any atom is 0.221 e. The van der Waals surface area contributed by atoms with Crippen molar-refractivity contribution in [2.75, 3.05) is 6.54 Å². The molecule has 2 aromatic rings. The van der Waals surface area contributed by atoms with E-state index in [1.165, 1.54) is 6.07 Å². The fourth-order valence-electron chi connectivity index (χ4n) is 2.32. The van der Waals surface area contributed by atoms with Crippen molar-refractivity contribution >= 4 is 10.0 Å². The number of hydrogen-bond acceptors (Lipinski definition) is 2. The van der Waals surface area contributed by atoms with Gasteiger partial charge in [0.15, 0.2) is 0 Å². The molecule has 0 atom stereocenters. The molecule has 0 amide bonds. The van der Waals surface area contributed by atoms with Gasteiger partial charge in [-0.1, -0.05) is 49.4 Å². The number of nitrogens with one attached hydrogen (secondary N) is 1. The lowest BCUT2D eigenvalue weighted by molar-refractivity contribution is 0.539. The molecule has 5 heteroatoms. The Balaban J connectivity index is 2.34. The first-order valence-corrected chi connectivity index (χ1v) is 9.12. The van der Waals surface area contributed by atoms with Gasteiger partial charge < -0.3 is 0 Å². The highest BCUT2D eigenvalue weighted by Crippen LogP contribution is 2.31. The van der Waals surface area contributed by atoms with E-state index < -0.39 is 14.8 Å². The molecule has 2 rings (SSSR count). The molecule has 3 nitrogen and oxygen atoms in total. The molecule has 0 spiro atoms. The van der Waals surface area contributed by atoms with Crippen molar-refractivity contribution in [2.24, 2.45) is 0 Å². The summed E-state index contributed by atoms with van der Waals surface area (Å²) in [7, 11) is -3.48. The molecule has 0 aliphatic carbocycles. The maximum atomic E-state index is 13.8. The van der Waals surface area contributed by atoms with E-state index in [9.17, 15) is 12.8 Å². The molecule has 0 aliphatic heterocycles. The standard InChI is InChI=1S/C18H22FNO2S/c1-4-13-20-23(21,22)18(2,3)15-11-9-14(10-12-15)16-7-5-6-8-17(16)19/h5-12,20H,4,13H2,1-3H3. The fourth-order valence-corrected chi connectivity index (χ4v) is 3.60. The molecule has 124 valence electrons. The zero-order valence-corrected chi connectivity index (χ0v) is 14.5. The van der Waals surface area contributed by atoms with Crippen LogP contribution in [-0.4, -0.2) is 15.0 Å². The molecule has 0 fully saturated rings. The van der Waals surface area contributed by atoms with Gasteiger partial charge >= 0.3 is 0 Å². The Morgan fingerprint density at radius 2 is 1.65 bits per heavy atom. The van der Waals surface area contributed by atoms with Crippen molar-refractivity contribution in [3.63, 3.8) is 0 Å². The number of benzene rings is 2. The van der Waals surface area contributed by atoms with E-state index in [1.807, 2.05) is 6.92 Å². The molecule has 0 saturated heterocycles. The first kappa shape index (κ1) is 17.6. The van der Waals surface area contributed by atoms with Gasteiger partial charge in [-0.05, 0) is 37.5 Å². The van der Waals surface area contributed by atoms with E-state index in [1.54, 1.807) is 56.3 Å². The third-order valence-corrected chi connectivity index (χ3v) is 6.14. The summed E-state index contributed by atoms with van der Waals surface area (Å²) in [6, 6.07) is 13.5. The second kappa shape index (κ2) is 6.81. The van der Waals surface area contributed by atoms with Crippen molar-refractivity contribution in [3.05, 3.63) is 59.9 Å². The topological polar surface area (TPSA) is 46.2 Å². The van der Waals surface area contributed by atoms with E-state index in [2.05, 4.69) is 4.72 Å². The lowest BCUT2D eigenvalue weighted by atomic mass is 9.98. The zero-order chi connectivity index (χ0) is 17.1. The van der Waals surface area contributed by atoms with Crippen LogP contribution in [0.15, 0.2) is 48.5 Å². The molecule has 0 heterocycles. The van der Waals surface area contributed by atoms with Crippen LogP contribution in [0.1, 0.15) is 32.8 Å². The van der Waals surface area contributed by atoms with Crippen molar-refractivity contribution < 1.29 is 12.8 Å². The Hall–Kier alpha value is -1.72. The Morgan fingerprint density at radius 1 is 1.04 bits per heavy atom. The van der Waals surface area contributed by atoms with E-state index in [4.69, 9.17) is 0 Å². The Bertz CT molecular complexity index is 768. The predicted molar refractivity (Wildman–Crippen MR) is 92.1 cm³/mol. The molecule has 0 radical (unpaired) electrons. The first-order chi connectivity index (χ1) is 10.8. The maximum absolute atomic E-state index is 13.8. The van der Waals surface area contributed by atoms with Crippen molar-refractivity contribution in [1.82, 2.24) is 4.72 Å². The molecule has 0 unspecified atom stereocenters. The van der Waals surface area contributed by atoms with E-state index in [0.29, 0.717) is 17.7 Å². The van der Waals surface area contributed by atoms with Gasteiger partial charge in [-0.25, -0.2) is 17.5 Å². The number of hydrogen-bond donors (Lipinski definition) is 1. The molecule has 0 saturated carbocycles. The van der Waals surface area contributed by atoms with Gasteiger partial charge in [0.05, 0.1) is 0 Å². The molecule has 1 N–H and O–H groups in total. The van der Waals surface area contributed by atoms with Crippen molar-refractivity contribution in [2.45, 2.75) is 31.9 Å². The van der Waals surface area contributed by atoms with Crippen LogP contribution < -0.4 is 4.72 Å². The van der Waals surface area contributed by atoms with Crippen LogP contribution >= 0.6 is 0 Å². The summed E-state index contributed by atoms with van der Waals surface area (Å²) < 4.78 is 40.3. The fraction of sp³-hybridized carbons (Fsp3) is 0.333. The smallest absolute Gasteiger partial charge is 0.214 e. The monoisotopic (exact) mass is 335 g/mol. The summed E-state index contributed by atoms with van der Waals surface area (Å²) in [5, 5.41) is 0. The van der Waals surface area contributed by atoms with Crippen LogP contribution in [0.5, 0.6) is 0 Å². The summed E-state index contributed by atoms with van der Waals surface area (Å²) in [6.45, 7) is 5.67. The van der Waals surface area contributed by atoms with Crippen molar-refractivity contribution in [1.29, 1.82) is 0 Å². The zero-order valence-electron chi connectivity index (χ0n) is 13.6. The Labute approximate surface area is 137 Å². The van der Waals surface area contributed by atoms with Crippen LogP contribution in [0, 0.1) is 5.82 Å². The third-order valence-electron chi connectivity index (χ3n) is 3.98. The minimum atomic E-state index is -3.48. The summed E-state index contributed by atoms with van der Waals surface area (Å²) in [5.41, 5.74) is 1.89. The van der Waals surface area contributed by atoms with Gasteiger partial charge in [0, 0.05) is 12.1 Å². The minimum absolute atomic E-state index is 0.295. The SMILES string of the molecule is CCCNS(=O)(=O)C(C)(C)c1ccc(-c2ccccc2F)cc1. The number of sulfonamides is 1. The second-order valence-electron chi connectivity index (χ2n) is 5.97. The van der Waals surface area contributed by atoms with Crippen LogP contribution in [0.4, 0.5) is 4.39 Å². The van der Waals surface area contributed by atoms with E-state index in [0.717, 1.165) is 12.0 Å². The largest absolute Gasteiger partial charge is 0.221 e. The summed E-state index contributed by atoms with van der Waals surface area (Å²) in [6.07, 6.45) is 0.738. The summed E-state index contributed by atoms with van der Waals surface area (Å²) in [5.74, 6) is -0.295. The van der Waals surface area contributed by atoms with Gasteiger partial charge in [0.1, 0.15) is 10.6 Å².